The van der Waals surface area contributed by atoms with Crippen molar-refractivity contribution in [2.24, 2.45) is 0 Å². The smallest absolute Gasteiger partial charge is 0.241 e. The molecule has 1 fully saturated rings. The maximum Gasteiger partial charge on any atom is 0.241 e. The zero-order valence-electron chi connectivity index (χ0n) is 10.4. The molecule has 0 spiro atoms. The van der Waals surface area contributed by atoms with E-state index in [1.54, 1.807) is 4.90 Å². The molecule has 1 aliphatic rings. The Labute approximate surface area is 124 Å². The fourth-order valence-electron chi connectivity index (χ4n) is 2.40. The molecule has 2 heterocycles. The monoisotopic (exact) mass is 341 g/mol. The van der Waals surface area contributed by atoms with Gasteiger partial charge in [-0.1, -0.05) is 11.6 Å². The summed E-state index contributed by atoms with van der Waals surface area (Å²) in [7, 11) is 1.95. The van der Waals surface area contributed by atoms with Crippen LogP contribution in [0, 0.1) is 0 Å². The van der Waals surface area contributed by atoms with Gasteiger partial charge in [-0.05, 0) is 35.1 Å². The molecule has 1 aliphatic heterocycles. The van der Waals surface area contributed by atoms with E-state index in [0.717, 1.165) is 27.6 Å². The van der Waals surface area contributed by atoms with Gasteiger partial charge in [-0.3, -0.25) is 9.69 Å². The number of rotatable bonds is 1. The van der Waals surface area contributed by atoms with Gasteiger partial charge in [0.05, 0.1) is 17.7 Å². The average Bonchev–Trinajstić information content (AvgIpc) is 2.71. The number of aromatic amines is 1. The molecule has 0 atom stereocenters. The second kappa shape index (κ2) is 4.81. The SMILES string of the molecule is CN1CCN(c2cc(Cl)cc3c(Br)c[nH]c23)C(=O)C1. The topological polar surface area (TPSA) is 39.3 Å². The second-order valence-electron chi connectivity index (χ2n) is 4.77. The minimum absolute atomic E-state index is 0.100. The first kappa shape index (κ1) is 13.0. The van der Waals surface area contributed by atoms with Crippen molar-refractivity contribution in [3.8, 4) is 0 Å². The number of hydrogen-bond donors (Lipinski definition) is 1. The number of nitrogens with zero attached hydrogens (tertiary/aromatic N) is 2. The minimum atomic E-state index is 0.100. The highest BCUT2D eigenvalue weighted by Gasteiger charge is 2.25. The molecule has 4 nitrogen and oxygen atoms in total. The van der Waals surface area contributed by atoms with E-state index in [0.29, 0.717) is 18.1 Å². The van der Waals surface area contributed by atoms with E-state index in [1.807, 2.05) is 30.3 Å². The molecule has 1 amide bonds. The highest BCUT2D eigenvalue weighted by atomic mass is 79.9. The van der Waals surface area contributed by atoms with Crippen LogP contribution in [0.25, 0.3) is 10.9 Å². The largest absolute Gasteiger partial charge is 0.358 e. The van der Waals surface area contributed by atoms with Gasteiger partial charge in [0.1, 0.15) is 0 Å². The van der Waals surface area contributed by atoms with Crippen molar-refractivity contribution in [2.75, 3.05) is 31.6 Å². The van der Waals surface area contributed by atoms with Crippen molar-refractivity contribution in [1.82, 2.24) is 9.88 Å². The zero-order chi connectivity index (χ0) is 13.6. The Kier molecular flexibility index (Phi) is 3.28. The van der Waals surface area contributed by atoms with Crippen molar-refractivity contribution in [1.29, 1.82) is 0 Å². The summed E-state index contributed by atoms with van der Waals surface area (Å²) in [4.78, 5) is 19.2. The molecule has 0 unspecified atom stereocenters. The van der Waals surface area contributed by atoms with E-state index in [4.69, 9.17) is 11.6 Å². The molecule has 1 saturated heterocycles. The molecule has 6 heteroatoms. The van der Waals surface area contributed by atoms with Crippen LogP contribution in [0.3, 0.4) is 0 Å². The Morgan fingerprint density at radius 1 is 1.37 bits per heavy atom. The predicted octanol–water partition coefficient (Wildman–Crippen LogP) is 2.86. The molecular weight excluding hydrogens is 330 g/mol. The van der Waals surface area contributed by atoms with E-state index < -0.39 is 0 Å². The summed E-state index contributed by atoms with van der Waals surface area (Å²) in [5, 5.41) is 1.63. The first-order chi connectivity index (χ1) is 9.06. The number of carbonyl (C=O) groups is 1. The van der Waals surface area contributed by atoms with E-state index in [1.165, 1.54) is 0 Å². The van der Waals surface area contributed by atoms with Gasteiger partial charge in [0, 0.05) is 34.2 Å². The minimum Gasteiger partial charge on any atom is -0.358 e. The molecule has 0 bridgehead atoms. The Bertz CT molecular complexity index is 655. The number of hydrogen-bond acceptors (Lipinski definition) is 2. The first-order valence-corrected chi connectivity index (χ1v) is 7.18. The number of nitrogens with one attached hydrogen (secondary N) is 1. The van der Waals surface area contributed by atoms with Crippen molar-refractivity contribution in [3.05, 3.63) is 27.8 Å². The molecule has 1 aromatic heterocycles. The van der Waals surface area contributed by atoms with Gasteiger partial charge in [-0.2, -0.15) is 0 Å². The first-order valence-electron chi connectivity index (χ1n) is 6.01. The Morgan fingerprint density at radius 3 is 2.89 bits per heavy atom. The summed E-state index contributed by atoms with van der Waals surface area (Å²) in [6.07, 6.45) is 1.87. The lowest BCUT2D eigenvalue weighted by Crippen LogP contribution is -2.49. The van der Waals surface area contributed by atoms with Crippen molar-refractivity contribution >= 4 is 50.0 Å². The Hall–Kier alpha value is -1.04. The van der Waals surface area contributed by atoms with Crippen LogP contribution in [0.15, 0.2) is 22.8 Å². The highest BCUT2D eigenvalue weighted by Crippen LogP contribution is 2.34. The van der Waals surface area contributed by atoms with E-state index in [2.05, 4.69) is 20.9 Å². The number of fused-ring (bicyclic) bond motifs is 1. The summed E-state index contributed by atoms with van der Waals surface area (Å²) >= 11 is 9.65. The molecule has 19 heavy (non-hydrogen) atoms. The number of piperazine rings is 1. The van der Waals surface area contributed by atoms with Gasteiger partial charge in [0.15, 0.2) is 0 Å². The summed E-state index contributed by atoms with van der Waals surface area (Å²) in [5.74, 6) is 0.100. The predicted molar refractivity (Wildman–Crippen MR) is 80.9 cm³/mol. The maximum atomic E-state index is 12.2. The van der Waals surface area contributed by atoms with Gasteiger partial charge >= 0.3 is 0 Å². The van der Waals surface area contributed by atoms with Gasteiger partial charge < -0.3 is 9.88 Å². The van der Waals surface area contributed by atoms with Crippen molar-refractivity contribution < 1.29 is 4.79 Å². The van der Waals surface area contributed by atoms with Gasteiger partial charge in [0.2, 0.25) is 5.91 Å². The number of benzene rings is 1. The molecule has 1 aromatic carbocycles. The molecule has 2 aromatic rings. The van der Waals surface area contributed by atoms with Crippen molar-refractivity contribution in [2.45, 2.75) is 0 Å². The number of amides is 1. The van der Waals surface area contributed by atoms with Gasteiger partial charge in [-0.25, -0.2) is 0 Å². The molecule has 0 aliphatic carbocycles. The zero-order valence-corrected chi connectivity index (χ0v) is 12.8. The second-order valence-corrected chi connectivity index (χ2v) is 6.06. The third-order valence-electron chi connectivity index (χ3n) is 3.39. The summed E-state index contributed by atoms with van der Waals surface area (Å²) < 4.78 is 0.952. The lowest BCUT2D eigenvalue weighted by atomic mass is 10.2. The van der Waals surface area contributed by atoms with E-state index >= 15 is 0 Å². The fraction of sp³-hybridized carbons (Fsp3) is 0.308. The lowest BCUT2D eigenvalue weighted by molar-refractivity contribution is -0.120. The van der Waals surface area contributed by atoms with Crippen LogP contribution in [0.1, 0.15) is 0 Å². The third-order valence-corrected chi connectivity index (χ3v) is 4.26. The van der Waals surface area contributed by atoms with Crippen LogP contribution in [-0.2, 0) is 4.79 Å². The van der Waals surface area contributed by atoms with Gasteiger partial charge in [0.25, 0.3) is 0 Å². The number of likely N-dealkylation sites (N-methyl/N-ethyl adjacent to an activating group) is 1. The van der Waals surface area contributed by atoms with Gasteiger partial charge in [-0.15, -0.1) is 0 Å². The molecule has 3 rings (SSSR count). The Morgan fingerprint density at radius 2 is 2.16 bits per heavy atom. The molecule has 100 valence electrons. The normalized spacial score (nSPS) is 17.4. The average molecular weight is 343 g/mol. The standard InChI is InChI=1S/C13H13BrClN3O/c1-17-2-3-18(12(19)7-17)11-5-8(15)4-9-10(14)6-16-13(9)11/h4-6,16H,2-3,7H2,1H3. The Balaban J connectivity index is 2.12. The van der Waals surface area contributed by atoms with Crippen LogP contribution in [0.2, 0.25) is 5.02 Å². The molecule has 0 saturated carbocycles. The van der Waals surface area contributed by atoms with Crippen LogP contribution in [0.5, 0.6) is 0 Å². The van der Waals surface area contributed by atoms with Crippen LogP contribution < -0.4 is 4.90 Å². The quantitative estimate of drug-likeness (QED) is 0.865. The van der Waals surface area contributed by atoms with E-state index in [-0.39, 0.29) is 5.91 Å². The highest BCUT2D eigenvalue weighted by molar-refractivity contribution is 9.10. The summed E-state index contributed by atoms with van der Waals surface area (Å²) in [5.41, 5.74) is 1.79. The van der Waals surface area contributed by atoms with Crippen molar-refractivity contribution in [3.63, 3.8) is 0 Å². The lowest BCUT2D eigenvalue weighted by Gasteiger charge is -2.32. The third kappa shape index (κ3) is 2.26. The van der Waals surface area contributed by atoms with Crippen LogP contribution in [0.4, 0.5) is 5.69 Å². The van der Waals surface area contributed by atoms with E-state index in [9.17, 15) is 4.79 Å². The maximum absolute atomic E-state index is 12.2. The number of carbonyl (C=O) groups excluding carboxylic acids is 1. The molecule has 0 radical (unpaired) electrons. The molecular formula is C13H13BrClN3O. The van der Waals surface area contributed by atoms with Crippen LogP contribution >= 0.6 is 27.5 Å². The fourth-order valence-corrected chi connectivity index (χ4v) is 3.04. The number of halogens is 2. The number of H-pyrrole nitrogens is 1. The molecule has 1 N–H and O–H groups in total. The van der Waals surface area contributed by atoms with Crippen LogP contribution in [-0.4, -0.2) is 42.5 Å². The summed E-state index contributed by atoms with van der Waals surface area (Å²) in [6.45, 7) is 1.99. The number of anilines is 1. The number of aromatic nitrogens is 1. The summed E-state index contributed by atoms with van der Waals surface area (Å²) in [6, 6.07) is 3.73.